The first-order valence-corrected chi connectivity index (χ1v) is 39.6. The Morgan fingerprint density at radius 3 is 1.14 bits per heavy atom. The van der Waals surface area contributed by atoms with Gasteiger partial charge in [-0.25, -0.2) is 0 Å². The summed E-state index contributed by atoms with van der Waals surface area (Å²) >= 11 is 0. The van der Waals surface area contributed by atoms with Crippen LogP contribution in [0, 0.1) is 0 Å². The molecule has 0 radical (unpaired) electrons. The van der Waals surface area contributed by atoms with Crippen molar-refractivity contribution in [1.82, 2.24) is 5.32 Å². The van der Waals surface area contributed by atoms with Crippen LogP contribution in [0.5, 0.6) is 0 Å². The molecule has 1 aliphatic heterocycles. The SMILES string of the molecule is CCCCC/C=C\C/C=C\C/C=C\C/C=C\CCCCCCCCCCCC(=O)OC1C(OCC(NC(=O)C(O)CCCCCCCCCCCCCCCCCCCCCCCCCCCC)C(O)/C=C/CCCCCCCCCCCC)OC(CO)C(O)C1O. The summed E-state index contributed by atoms with van der Waals surface area (Å²) in [6, 6.07) is -1.03. The molecule has 0 saturated carbocycles. The third kappa shape index (κ3) is 54.5. The highest BCUT2D eigenvalue weighted by molar-refractivity contribution is 5.80. The van der Waals surface area contributed by atoms with Crippen LogP contribution in [-0.2, 0) is 23.8 Å². The van der Waals surface area contributed by atoms with Crippen LogP contribution in [-0.4, -0.2) is 99.6 Å². The van der Waals surface area contributed by atoms with Crippen LogP contribution in [0.2, 0.25) is 0 Å². The van der Waals surface area contributed by atoms with Gasteiger partial charge in [0.2, 0.25) is 5.91 Å². The number of ether oxygens (including phenoxy) is 3. The van der Waals surface area contributed by atoms with Crippen LogP contribution in [0.25, 0.3) is 0 Å². The van der Waals surface area contributed by atoms with Gasteiger partial charge in [0, 0.05) is 6.42 Å². The highest BCUT2D eigenvalue weighted by Crippen LogP contribution is 2.27. The third-order valence-electron chi connectivity index (χ3n) is 18.7. The Labute approximate surface area is 567 Å². The van der Waals surface area contributed by atoms with Crippen molar-refractivity contribution in [1.29, 1.82) is 0 Å². The van der Waals surface area contributed by atoms with Crippen molar-refractivity contribution >= 4 is 11.9 Å². The van der Waals surface area contributed by atoms with E-state index in [-0.39, 0.29) is 13.0 Å². The molecule has 1 saturated heterocycles. The molecule has 538 valence electrons. The summed E-state index contributed by atoms with van der Waals surface area (Å²) < 4.78 is 17.7. The number of allylic oxidation sites excluding steroid dienone is 9. The monoisotopic (exact) mass is 1300 g/mol. The van der Waals surface area contributed by atoms with Gasteiger partial charge in [0.15, 0.2) is 12.4 Å². The van der Waals surface area contributed by atoms with E-state index in [0.717, 1.165) is 89.9 Å². The van der Waals surface area contributed by atoms with Crippen LogP contribution < -0.4 is 5.32 Å². The second kappa shape index (κ2) is 68.3. The normalized spacial score (nSPS) is 18.2. The number of aliphatic hydroxyl groups is 5. The molecule has 0 aromatic carbocycles. The number of esters is 1. The number of nitrogens with one attached hydrogen (secondary N) is 1. The van der Waals surface area contributed by atoms with Crippen LogP contribution in [0.4, 0.5) is 0 Å². The van der Waals surface area contributed by atoms with Crippen molar-refractivity contribution < 1.29 is 49.3 Å². The summed E-state index contributed by atoms with van der Waals surface area (Å²) in [6.45, 7) is 5.82. The average Bonchev–Trinajstić information content (AvgIpc) is 0.875. The van der Waals surface area contributed by atoms with Gasteiger partial charge < -0.3 is 45.1 Å². The Kier molecular flexibility index (Phi) is 64.9. The molecular formula is C81H149NO10. The van der Waals surface area contributed by atoms with Gasteiger partial charge in [-0.2, -0.15) is 0 Å². The molecular weight excluding hydrogens is 1150 g/mol. The molecule has 0 aliphatic carbocycles. The highest BCUT2D eigenvalue weighted by atomic mass is 16.7. The minimum atomic E-state index is -1.62. The topological polar surface area (TPSA) is 175 Å². The highest BCUT2D eigenvalue weighted by Gasteiger charge is 2.47. The number of amides is 1. The first-order valence-electron chi connectivity index (χ1n) is 39.6. The molecule has 0 spiro atoms. The minimum absolute atomic E-state index is 0.117. The van der Waals surface area contributed by atoms with Crippen molar-refractivity contribution in [2.24, 2.45) is 0 Å². The van der Waals surface area contributed by atoms with Crippen molar-refractivity contribution in [2.75, 3.05) is 13.2 Å². The summed E-state index contributed by atoms with van der Waals surface area (Å²) in [5.41, 5.74) is 0. The maximum absolute atomic E-state index is 13.5. The predicted molar refractivity (Wildman–Crippen MR) is 389 cm³/mol. The van der Waals surface area contributed by atoms with Gasteiger partial charge in [-0.05, 0) is 70.6 Å². The average molecular weight is 1300 g/mol. The summed E-state index contributed by atoms with van der Waals surface area (Å²) in [5, 5.41) is 57.4. The maximum Gasteiger partial charge on any atom is 0.306 e. The quantitative estimate of drug-likeness (QED) is 0.0195. The zero-order valence-electron chi connectivity index (χ0n) is 60.2. The number of hydrogen-bond acceptors (Lipinski definition) is 10. The van der Waals surface area contributed by atoms with E-state index in [1.807, 2.05) is 6.08 Å². The number of unbranched alkanes of at least 4 members (excludes halogenated alkanes) is 47. The Balaban J connectivity index is 2.50. The van der Waals surface area contributed by atoms with Crippen LogP contribution in [0.3, 0.4) is 0 Å². The summed E-state index contributed by atoms with van der Waals surface area (Å²) in [7, 11) is 0. The lowest BCUT2D eigenvalue weighted by molar-refractivity contribution is -0.305. The lowest BCUT2D eigenvalue weighted by Gasteiger charge is -2.41. The van der Waals surface area contributed by atoms with Gasteiger partial charge in [0.05, 0.1) is 25.4 Å². The van der Waals surface area contributed by atoms with Gasteiger partial charge in [0.1, 0.15) is 24.4 Å². The standard InChI is InChI=1S/C81H149NO10/c1-4-7-10-13-16-19-22-25-27-29-31-33-35-37-39-40-42-44-46-48-50-53-56-59-62-65-68-74(85)80(89)82-72(73(84)67-64-61-58-55-52-24-21-18-15-12-9-6-3)71-90-81-79(78(88)77(87)75(70-83)91-81)92-76(86)69-66-63-60-57-54-51-49-47-45-43-41-38-36-34-32-30-28-26-23-20-17-14-11-8-5-2/h17,20,26,28,32,34,38,41,64,67,72-75,77-79,81,83-85,87-88H,4-16,18-19,21-25,27,29-31,33,35-37,39-40,42-63,65-66,68-71H2,1-3H3,(H,82,89)/b20-17-,28-26-,34-32-,41-38-,67-64+. The van der Waals surface area contributed by atoms with E-state index in [2.05, 4.69) is 74.7 Å². The second-order valence-electron chi connectivity index (χ2n) is 27.5. The van der Waals surface area contributed by atoms with E-state index < -0.39 is 67.4 Å². The molecule has 1 aliphatic rings. The van der Waals surface area contributed by atoms with E-state index in [1.54, 1.807) is 6.08 Å². The van der Waals surface area contributed by atoms with E-state index in [0.29, 0.717) is 19.3 Å². The molecule has 1 amide bonds. The molecule has 11 heteroatoms. The molecule has 11 nitrogen and oxygen atoms in total. The summed E-state index contributed by atoms with van der Waals surface area (Å²) in [5.74, 6) is -1.19. The fourth-order valence-corrected chi connectivity index (χ4v) is 12.5. The van der Waals surface area contributed by atoms with Crippen molar-refractivity contribution in [3.05, 3.63) is 60.8 Å². The van der Waals surface area contributed by atoms with E-state index >= 15 is 0 Å². The van der Waals surface area contributed by atoms with E-state index in [1.165, 1.54) is 244 Å². The molecule has 8 unspecified atom stereocenters. The second-order valence-corrected chi connectivity index (χ2v) is 27.5. The zero-order chi connectivity index (χ0) is 66.7. The molecule has 0 aromatic heterocycles. The number of rotatable bonds is 69. The summed E-state index contributed by atoms with van der Waals surface area (Å²) in [4.78, 5) is 26.8. The lowest BCUT2D eigenvalue weighted by Crippen LogP contribution is -2.61. The third-order valence-corrected chi connectivity index (χ3v) is 18.7. The molecule has 0 bridgehead atoms. The molecule has 0 aromatic rings. The molecule has 92 heavy (non-hydrogen) atoms. The lowest BCUT2D eigenvalue weighted by atomic mass is 9.99. The van der Waals surface area contributed by atoms with Gasteiger partial charge >= 0.3 is 5.97 Å². The Morgan fingerprint density at radius 2 is 0.750 bits per heavy atom. The van der Waals surface area contributed by atoms with Gasteiger partial charge in [-0.15, -0.1) is 0 Å². The number of carbonyl (C=O) groups is 2. The van der Waals surface area contributed by atoms with Crippen LogP contribution >= 0.6 is 0 Å². The fraction of sp³-hybridized carbons (Fsp3) is 0.852. The minimum Gasteiger partial charge on any atom is -0.454 e. The molecule has 1 rings (SSSR count). The van der Waals surface area contributed by atoms with E-state index in [4.69, 9.17) is 14.2 Å². The van der Waals surface area contributed by atoms with E-state index in [9.17, 15) is 35.1 Å². The Morgan fingerprint density at radius 1 is 0.424 bits per heavy atom. The Hall–Kier alpha value is -2.64. The number of carbonyl (C=O) groups excluding carboxylic acids is 2. The zero-order valence-corrected chi connectivity index (χ0v) is 60.2. The number of aliphatic hydroxyl groups excluding tert-OH is 5. The largest absolute Gasteiger partial charge is 0.454 e. The summed E-state index contributed by atoms with van der Waals surface area (Å²) in [6.07, 6.45) is 78.5. The molecule has 6 N–H and O–H groups in total. The molecule has 1 heterocycles. The number of hydrogen-bond donors (Lipinski definition) is 6. The smallest absolute Gasteiger partial charge is 0.306 e. The van der Waals surface area contributed by atoms with Crippen molar-refractivity contribution in [3.8, 4) is 0 Å². The van der Waals surface area contributed by atoms with Crippen LogP contribution in [0.15, 0.2) is 60.8 Å². The van der Waals surface area contributed by atoms with Crippen LogP contribution in [0.1, 0.15) is 380 Å². The first-order chi connectivity index (χ1) is 45.2. The van der Waals surface area contributed by atoms with Gasteiger partial charge in [-0.1, -0.05) is 364 Å². The first kappa shape index (κ1) is 87.4. The van der Waals surface area contributed by atoms with Gasteiger partial charge in [-0.3, -0.25) is 9.59 Å². The van der Waals surface area contributed by atoms with Gasteiger partial charge in [0.25, 0.3) is 0 Å². The van der Waals surface area contributed by atoms with Crippen molar-refractivity contribution in [2.45, 2.75) is 429 Å². The maximum atomic E-state index is 13.5. The molecule has 1 fully saturated rings. The molecule has 8 atom stereocenters. The van der Waals surface area contributed by atoms with Crippen molar-refractivity contribution in [3.63, 3.8) is 0 Å². The fourth-order valence-electron chi connectivity index (χ4n) is 12.5. The predicted octanol–water partition coefficient (Wildman–Crippen LogP) is 21.2. The Bertz CT molecular complexity index is 1730.